The van der Waals surface area contributed by atoms with Gasteiger partial charge in [-0.15, -0.1) is 11.3 Å². The first-order chi connectivity index (χ1) is 12.6. The van der Waals surface area contributed by atoms with Crippen molar-refractivity contribution in [1.29, 1.82) is 0 Å². The molecule has 4 rings (SSSR count). The van der Waals surface area contributed by atoms with Crippen molar-refractivity contribution in [2.45, 2.75) is 0 Å². The van der Waals surface area contributed by atoms with Gasteiger partial charge in [-0.3, -0.25) is 9.36 Å². The maximum absolute atomic E-state index is 13.2. The smallest absolute Gasteiger partial charge is 0.276 e. The molecule has 0 saturated heterocycles. The molecule has 2 aromatic carbocycles. The number of rotatable bonds is 3. The van der Waals surface area contributed by atoms with Gasteiger partial charge < -0.3 is 5.11 Å². The molecule has 0 unspecified atom stereocenters. The molecule has 0 bridgehead atoms. The second-order valence-corrected chi connectivity index (χ2v) is 6.98. The molecule has 0 aliphatic carbocycles. The Morgan fingerprint density at radius 3 is 2.62 bits per heavy atom. The van der Waals surface area contributed by atoms with Crippen LogP contribution in [0.3, 0.4) is 0 Å². The molecule has 1 N–H and O–H groups in total. The highest BCUT2D eigenvalue weighted by molar-refractivity contribution is 7.17. The van der Waals surface area contributed by atoms with Gasteiger partial charge >= 0.3 is 0 Å². The molecular weight excluding hydrogens is 368 g/mol. The molecule has 0 aliphatic rings. The Balaban J connectivity index is 2.07. The summed E-state index contributed by atoms with van der Waals surface area (Å²) in [4.78, 5) is 17.8. The number of fused-ring (bicyclic) bond motifs is 1. The van der Waals surface area contributed by atoms with E-state index in [-0.39, 0.29) is 11.3 Å². The molecule has 128 valence electrons. The van der Waals surface area contributed by atoms with Crippen molar-refractivity contribution in [3.05, 3.63) is 93.3 Å². The minimum Gasteiger partial charge on any atom is -0.507 e. The minimum absolute atomic E-state index is 0.0721. The third-order valence-electron chi connectivity index (χ3n) is 4.07. The van der Waals surface area contributed by atoms with Crippen LogP contribution < -0.4 is 5.56 Å². The predicted octanol–water partition coefficient (Wildman–Crippen LogP) is 4.87. The van der Waals surface area contributed by atoms with Crippen molar-refractivity contribution in [2.24, 2.45) is 0 Å². The molecule has 0 spiro atoms. The van der Waals surface area contributed by atoms with E-state index in [1.54, 1.807) is 54.6 Å². The molecule has 0 atom stereocenters. The summed E-state index contributed by atoms with van der Waals surface area (Å²) in [7, 11) is 0. The number of nitrogens with zero attached hydrogens (tertiary/aromatic N) is 2. The molecule has 0 radical (unpaired) electrons. The van der Waals surface area contributed by atoms with Crippen LogP contribution in [0.5, 0.6) is 5.75 Å². The molecule has 0 aliphatic heterocycles. The summed E-state index contributed by atoms with van der Waals surface area (Å²) in [5.41, 5.74) is 1.84. The summed E-state index contributed by atoms with van der Waals surface area (Å²) in [6.45, 7) is 4.08. The zero-order valence-electron chi connectivity index (χ0n) is 13.5. The maximum atomic E-state index is 13.2. The van der Waals surface area contributed by atoms with Crippen LogP contribution >= 0.6 is 22.9 Å². The van der Waals surface area contributed by atoms with E-state index < -0.39 is 0 Å². The first-order valence-corrected chi connectivity index (χ1v) is 9.06. The molecule has 6 heteroatoms. The second-order valence-electron chi connectivity index (χ2n) is 5.66. The van der Waals surface area contributed by atoms with Crippen molar-refractivity contribution in [3.63, 3.8) is 0 Å². The largest absolute Gasteiger partial charge is 0.507 e. The Kier molecular flexibility index (Phi) is 4.11. The predicted molar refractivity (Wildman–Crippen MR) is 106 cm³/mol. The Labute approximate surface area is 158 Å². The summed E-state index contributed by atoms with van der Waals surface area (Å²) in [6.07, 6.45) is 0. The van der Waals surface area contributed by atoms with Gasteiger partial charge in [0, 0.05) is 11.1 Å². The highest BCUT2D eigenvalue weighted by atomic mass is 35.5. The molecule has 2 heterocycles. The van der Waals surface area contributed by atoms with E-state index in [0.29, 0.717) is 37.9 Å². The lowest BCUT2D eigenvalue weighted by Crippen LogP contribution is -2.23. The monoisotopic (exact) mass is 380 g/mol. The van der Waals surface area contributed by atoms with Crippen LogP contribution in [0.15, 0.2) is 71.4 Å². The molecule has 4 nitrogen and oxygen atoms in total. The van der Waals surface area contributed by atoms with E-state index in [4.69, 9.17) is 11.6 Å². The van der Waals surface area contributed by atoms with Gasteiger partial charge in [0.05, 0.1) is 16.2 Å². The fraction of sp³-hybridized carbons (Fsp3) is 0. The van der Waals surface area contributed by atoms with Gasteiger partial charge in [0.15, 0.2) is 0 Å². The Hall–Kier alpha value is -2.89. The number of hydrogen-bond acceptors (Lipinski definition) is 4. The van der Waals surface area contributed by atoms with E-state index >= 15 is 0 Å². The van der Waals surface area contributed by atoms with Crippen LogP contribution in [-0.2, 0) is 0 Å². The molecule has 0 amide bonds. The number of aromatic hydroxyl groups is 1. The van der Waals surface area contributed by atoms with Gasteiger partial charge in [-0.05, 0) is 29.6 Å². The summed E-state index contributed by atoms with van der Waals surface area (Å²) in [6, 6.07) is 15.7. The van der Waals surface area contributed by atoms with Gasteiger partial charge in [-0.25, -0.2) is 4.98 Å². The van der Waals surface area contributed by atoms with Crippen molar-refractivity contribution in [1.82, 2.24) is 9.55 Å². The van der Waals surface area contributed by atoms with Gasteiger partial charge in [0.1, 0.15) is 16.3 Å². The van der Waals surface area contributed by atoms with E-state index in [9.17, 15) is 9.90 Å². The van der Waals surface area contributed by atoms with Crippen LogP contribution in [0, 0.1) is 0 Å². The minimum atomic E-state index is -0.218. The first-order valence-electron chi connectivity index (χ1n) is 7.80. The standard InChI is InChI=1S/C20H13ClN2O2S/c1-12(13-6-2-5-9-17(13)24)19-22-15-10-11-26-18(15)20(25)23(19)16-8-4-3-7-14(16)21/h2-11,24H,1H2. The van der Waals surface area contributed by atoms with Crippen molar-refractivity contribution in [3.8, 4) is 11.4 Å². The number of phenolic OH excluding ortho intramolecular Hbond substituents is 1. The summed E-state index contributed by atoms with van der Waals surface area (Å²) < 4.78 is 1.99. The van der Waals surface area contributed by atoms with Crippen LogP contribution in [-0.4, -0.2) is 14.7 Å². The highest BCUT2D eigenvalue weighted by Gasteiger charge is 2.19. The van der Waals surface area contributed by atoms with E-state index in [2.05, 4.69) is 11.6 Å². The van der Waals surface area contributed by atoms with E-state index in [0.717, 1.165) is 0 Å². The van der Waals surface area contributed by atoms with Crippen LogP contribution in [0.4, 0.5) is 0 Å². The lowest BCUT2D eigenvalue weighted by Gasteiger charge is -2.16. The quantitative estimate of drug-likeness (QED) is 0.551. The number of aromatic nitrogens is 2. The van der Waals surface area contributed by atoms with Crippen molar-refractivity contribution in [2.75, 3.05) is 0 Å². The highest BCUT2D eigenvalue weighted by Crippen LogP contribution is 2.31. The third kappa shape index (κ3) is 2.62. The topological polar surface area (TPSA) is 55.1 Å². The maximum Gasteiger partial charge on any atom is 0.276 e. The molecule has 2 aromatic heterocycles. The summed E-state index contributed by atoms with van der Waals surface area (Å²) in [5, 5.41) is 12.5. The Morgan fingerprint density at radius 2 is 1.85 bits per heavy atom. The molecule has 26 heavy (non-hydrogen) atoms. The van der Waals surface area contributed by atoms with Gasteiger partial charge in [0.25, 0.3) is 5.56 Å². The molecule has 0 saturated carbocycles. The lowest BCUT2D eigenvalue weighted by molar-refractivity contribution is 0.473. The van der Waals surface area contributed by atoms with E-state index in [1.807, 2.05) is 5.38 Å². The molecule has 0 fully saturated rings. The normalized spacial score (nSPS) is 11.0. The average molecular weight is 381 g/mol. The first kappa shape index (κ1) is 16.6. The van der Waals surface area contributed by atoms with Gasteiger partial charge in [0.2, 0.25) is 0 Å². The third-order valence-corrected chi connectivity index (χ3v) is 5.28. The fourth-order valence-corrected chi connectivity index (χ4v) is 3.80. The Bertz CT molecular complexity index is 1210. The van der Waals surface area contributed by atoms with Crippen molar-refractivity contribution < 1.29 is 5.11 Å². The zero-order chi connectivity index (χ0) is 18.3. The lowest BCUT2D eigenvalue weighted by atomic mass is 10.1. The average Bonchev–Trinajstić information content (AvgIpc) is 3.11. The second kappa shape index (κ2) is 6.44. The number of phenols is 1. The van der Waals surface area contributed by atoms with Crippen LogP contribution in [0.2, 0.25) is 5.02 Å². The number of thiophene rings is 1. The van der Waals surface area contributed by atoms with E-state index in [1.165, 1.54) is 15.9 Å². The number of halogens is 1. The van der Waals surface area contributed by atoms with Crippen LogP contribution in [0.25, 0.3) is 21.5 Å². The zero-order valence-corrected chi connectivity index (χ0v) is 15.1. The molecular formula is C20H13ClN2O2S. The number of hydrogen-bond donors (Lipinski definition) is 1. The summed E-state index contributed by atoms with van der Waals surface area (Å²) in [5.74, 6) is 0.415. The summed E-state index contributed by atoms with van der Waals surface area (Å²) >= 11 is 7.68. The van der Waals surface area contributed by atoms with Gasteiger partial charge in [-0.2, -0.15) is 0 Å². The molecule has 4 aromatic rings. The van der Waals surface area contributed by atoms with Crippen LogP contribution in [0.1, 0.15) is 11.4 Å². The number of para-hydroxylation sites is 2. The SMILES string of the molecule is C=C(c1ccccc1O)c1nc2ccsc2c(=O)n1-c1ccccc1Cl. The fourth-order valence-electron chi connectivity index (χ4n) is 2.82. The van der Waals surface area contributed by atoms with Crippen molar-refractivity contribution >= 4 is 38.7 Å². The number of benzene rings is 2. The van der Waals surface area contributed by atoms with Gasteiger partial charge in [-0.1, -0.05) is 48.5 Å². The Morgan fingerprint density at radius 1 is 1.12 bits per heavy atom.